The van der Waals surface area contributed by atoms with E-state index in [1.807, 2.05) is 6.07 Å². The van der Waals surface area contributed by atoms with Crippen LogP contribution in [0.1, 0.15) is 47.6 Å². The maximum absolute atomic E-state index is 12.8. The third-order valence-corrected chi connectivity index (χ3v) is 8.18. The lowest BCUT2D eigenvalue weighted by atomic mass is 9.71. The molecule has 1 amide bonds. The first-order valence-electron chi connectivity index (χ1n) is 12.6. The molecule has 3 aromatic rings. The number of rotatable bonds is 4. The summed E-state index contributed by atoms with van der Waals surface area (Å²) in [6.45, 7) is 6.22. The van der Waals surface area contributed by atoms with Gasteiger partial charge in [0.2, 0.25) is 5.91 Å². The van der Waals surface area contributed by atoms with Crippen LogP contribution in [0, 0.1) is 12.3 Å². The number of piperidine rings is 1. The lowest BCUT2D eigenvalue weighted by Crippen LogP contribution is -2.61. The molecule has 5 nitrogen and oxygen atoms in total. The molecular weight excluding hydrogens is 420 g/mol. The van der Waals surface area contributed by atoms with Gasteiger partial charge in [-0.2, -0.15) is 0 Å². The Bertz CT molecular complexity index is 1170. The summed E-state index contributed by atoms with van der Waals surface area (Å²) in [5.41, 5.74) is 6.81. The Morgan fingerprint density at radius 1 is 1.03 bits per heavy atom. The Kier molecular flexibility index (Phi) is 5.45. The van der Waals surface area contributed by atoms with Crippen molar-refractivity contribution in [3.63, 3.8) is 0 Å². The number of aryl methyl sites for hydroxylation is 2. The van der Waals surface area contributed by atoms with Gasteiger partial charge in [-0.15, -0.1) is 0 Å². The molecule has 2 aromatic carbocycles. The van der Waals surface area contributed by atoms with Crippen LogP contribution in [0.4, 0.5) is 0 Å². The average molecular weight is 453 g/mol. The lowest BCUT2D eigenvalue weighted by molar-refractivity contribution is -0.136. The highest BCUT2D eigenvalue weighted by molar-refractivity contribution is 5.78. The monoisotopic (exact) mass is 452 g/mol. The minimum Gasteiger partial charge on any atom is -0.342 e. The second kappa shape index (κ2) is 8.62. The molecule has 1 aliphatic carbocycles. The van der Waals surface area contributed by atoms with Crippen LogP contribution in [0.25, 0.3) is 11.4 Å². The first-order valence-corrected chi connectivity index (χ1v) is 12.6. The van der Waals surface area contributed by atoms with Crippen LogP contribution < -0.4 is 0 Å². The van der Waals surface area contributed by atoms with Gasteiger partial charge in [-0.25, -0.2) is 9.97 Å². The summed E-state index contributed by atoms with van der Waals surface area (Å²) >= 11 is 0. The number of hydrogen-bond donors (Lipinski definition) is 0. The van der Waals surface area contributed by atoms with Gasteiger partial charge in [-0.1, -0.05) is 42.0 Å². The number of fused-ring (bicyclic) bond motifs is 1. The molecule has 1 atom stereocenters. The zero-order valence-corrected chi connectivity index (χ0v) is 19.9. The van der Waals surface area contributed by atoms with Crippen molar-refractivity contribution < 1.29 is 4.79 Å². The summed E-state index contributed by atoms with van der Waals surface area (Å²) in [4.78, 5) is 26.4. The van der Waals surface area contributed by atoms with Gasteiger partial charge in [-0.05, 0) is 66.8 Å². The van der Waals surface area contributed by atoms with Gasteiger partial charge in [0.1, 0.15) is 0 Å². The molecule has 0 saturated carbocycles. The summed E-state index contributed by atoms with van der Waals surface area (Å²) < 4.78 is 0. The van der Waals surface area contributed by atoms with E-state index in [0.717, 1.165) is 49.3 Å². The predicted octanol–water partition coefficient (Wildman–Crippen LogP) is 4.61. The molecular formula is C29H32N4O. The number of carbonyl (C=O) groups excluding carboxylic acids is 1. The number of benzene rings is 2. The summed E-state index contributed by atoms with van der Waals surface area (Å²) in [5.74, 6) is 1.08. The number of likely N-dealkylation sites (tertiary alicyclic amines) is 2. The third kappa shape index (κ3) is 4.03. The van der Waals surface area contributed by atoms with E-state index in [2.05, 4.69) is 69.2 Å². The normalized spacial score (nSPS) is 21.3. The van der Waals surface area contributed by atoms with Gasteiger partial charge in [0, 0.05) is 50.2 Å². The molecule has 1 spiro atoms. The van der Waals surface area contributed by atoms with Gasteiger partial charge in [-0.3, -0.25) is 9.69 Å². The predicted molar refractivity (Wildman–Crippen MR) is 133 cm³/mol. The Hall–Kier alpha value is -3.05. The molecule has 5 heteroatoms. The van der Waals surface area contributed by atoms with Crippen molar-refractivity contribution in [2.75, 3.05) is 26.2 Å². The maximum atomic E-state index is 12.8. The van der Waals surface area contributed by atoms with E-state index in [-0.39, 0.29) is 5.91 Å². The minimum absolute atomic E-state index is 0.276. The minimum atomic E-state index is 0.276. The van der Waals surface area contributed by atoms with Crippen molar-refractivity contribution in [1.82, 2.24) is 19.8 Å². The molecule has 0 bridgehead atoms. The molecule has 3 heterocycles. The van der Waals surface area contributed by atoms with Crippen LogP contribution >= 0.6 is 0 Å². The van der Waals surface area contributed by atoms with E-state index in [1.165, 1.54) is 36.2 Å². The van der Waals surface area contributed by atoms with Gasteiger partial charge in [0.15, 0.2) is 5.82 Å². The van der Waals surface area contributed by atoms with E-state index >= 15 is 0 Å². The molecule has 0 radical (unpaired) electrons. The van der Waals surface area contributed by atoms with Crippen LogP contribution in [-0.4, -0.2) is 51.9 Å². The molecule has 2 saturated heterocycles. The molecule has 1 aromatic heterocycles. The zero-order chi connectivity index (χ0) is 23.1. The Balaban J connectivity index is 1.04. The lowest BCUT2D eigenvalue weighted by Gasteiger charge is -2.56. The van der Waals surface area contributed by atoms with Gasteiger partial charge in [0.25, 0.3) is 0 Å². The number of hydrogen-bond acceptors (Lipinski definition) is 4. The molecule has 6 rings (SSSR count). The number of carbonyl (C=O) groups is 1. The fraction of sp³-hybridized carbons (Fsp3) is 0.414. The van der Waals surface area contributed by atoms with Crippen molar-refractivity contribution in [2.45, 2.75) is 45.1 Å². The standard InChI is InChI=1S/C29H32N4O/c1-21-3-5-22(6-4-21)17-27(34)32-15-11-29(12-16-32)19-33(20-29)26-10-8-23-18-24(7-9-25(23)26)28-30-13-2-14-31-28/h2-7,9,13-14,18,26H,8,10-12,15-17,19-20H2,1H3. The highest BCUT2D eigenvalue weighted by atomic mass is 16.2. The molecule has 2 aliphatic heterocycles. The summed E-state index contributed by atoms with van der Waals surface area (Å²) in [6, 6.07) is 17.5. The van der Waals surface area contributed by atoms with Crippen LogP contribution in [-0.2, 0) is 17.6 Å². The van der Waals surface area contributed by atoms with Crippen LogP contribution in [0.3, 0.4) is 0 Å². The summed E-state index contributed by atoms with van der Waals surface area (Å²) in [5, 5.41) is 0. The molecule has 1 unspecified atom stereocenters. The second-order valence-electron chi connectivity index (χ2n) is 10.5. The van der Waals surface area contributed by atoms with Crippen molar-refractivity contribution in [3.8, 4) is 11.4 Å². The number of aromatic nitrogens is 2. The van der Waals surface area contributed by atoms with Crippen LogP contribution in [0.5, 0.6) is 0 Å². The van der Waals surface area contributed by atoms with Crippen LogP contribution in [0.15, 0.2) is 60.9 Å². The molecule has 3 aliphatic rings. The van der Waals surface area contributed by atoms with E-state index in [1.54, 1.807) is 12.4 Å². The quantitative estimate of drug-likeness (QED) is 0.580. The van der Waals surface area contributed by atoms with E-state index in [4.69, 9.17) is 0 Å². The van der Waals surface area contributed by atoms with E-state index in [9.17, 15) is 4.79 Å². The Morgan fingerprint density at radius 2 is 1.76 bits per heavy atom. The fourth-order valence-corrected chi connectivity index (χ4v) is 6.14. The first-order chi connectivity index (χ1) is 16.6. The average Bonchev–Trinajstić information content (AvgIpc) is 3.27. The topological polar surface area (TPSA) is 49.3 Å². The van der Waals surface area contributed by atoms with Crippen molar-refractivity contribution in [1.29, 1.82) is 0 Å². The highest BCUT2D eigenvalue weighted by Gasteiger charge is 2.48. The van der Waals surface area contributed by atoms with E-state index in [0.29, 0.717) is 17.9 Å². The largest absolute Gasteiger partial charge is 0.342 e. The van der Waals surface area contributed by atoms with Gasteiger partial charge in [0.05, 0.1) is 6.42 Å². The third-order valence-electron chi connectivity index (χ3n) is 8.18. The van der Waals surface area contributed by atoms with Gasteiger partial charge >= 0.3 is 0 Å². The summed E-state index contributed by atoms with van der Waals surface area (Å²) in [6.07, 6.45) is 8.73. The first kappa shape index (κ1) is 21.5. The SMILES string of the molecule is Cc1ccc(CC(=O)N2CCC3(CC2)CN(C2CCc4cc(-c5ncccn5)ccc42)C3)cc1. The van der Waals surface area contributed by atoms with E-state index < -0.39 is 0 Å². The molecule has 2 fully saturated rings. The number of amides is 1. The number of nitrogens with zero attached hydrogens (tertiary/aromatic N) is 4. The Labute approximate surface area is 201 Å². The van der Waals surface area contributed by atoms with Crippen molar-refractivity contribution in [2.24, 2.45) is 5.41 Å². The smallest absolute Gasteiger partial charge is 0.226 e. The molecule has 174 valence electrons. The second-order valence-corrected chi connectivity index (χ2v) is 10.5. The fourth-order valence-electron chi connectivity index (χ4n) is 6.14. The zero-order valence-electron chi connectivity index (χ0n) is 19.9. The Morgan fingerprint density at radius 3 is 2.50 bits per heavy atom. The summed E-state index contributed by atoms with van der Waals surface area (Å²) in [7, 11) is 0. The van der Waals surface area contributed by atoms with Gasteiger partial charge < -0.3 is 4.90 Å². The highest BCUT2D eigenvalue weighted by Crippen LogP contribution is 2.48. The maximum Gasteiger partial charge on any atom is 0.226 e. The van der Waals surface area contributed by atoms with Crippen LogP contribution in [0.2, 0.25) is 0 Å². The molecule has 0 N–H and O–H groups in total. The van der Waals surface area contributed by atoms with Crippen molar-refractivity contribution >= 4 is 5.91 Å². The molecule has 34 heavy (non-hydrogen) atoms. The van der Waals surface area contributed by atoms with Crippen molar-refractivity contribution in [3.05, 3.63) is 83.2 Å².